The number of carbonyl (C=O) groups excluding carboxylic acids is 1. The normalized spacial score (nSPS) is 13.9. The van der Waals surface area contributed by atoms with E-state index in [2.05, 4.69) is 5.32 Å². The van der Waals surface area contributed by atoms with Crippen molar-refractivity contribution >= 4 is 11.9 Å². The number of hydrogen-bond donors (Lipinski definition) is 2. The molecule has 5 nitrogen and oxygen atoms in total. The van der Waals surface area contributed by atoms with Crippen molar-refractivity contribution in [3.8, 4) is 5.75 Å². The Kier molecular flexibility index (Phi) is 4.04. The quantitative estimate of drug-likeness (QED) is 0.817. The standard InChI is InChI=1S/C14H17NO4/c1-9-2-5-11(14(17)18)12(6-9)19-8-13(16)15-7-10-3-4-10/h2,5-6,10H,3-4,7-8H2,1H3,(H,15,16)(H,17,18). The van der Waals surface area contributed by atoms with E-state index in [1.54, 1.807) is 12.1 Å². The van der Waals surface area contributed by atoms with Gasteiger partial charge in [-0.25, -0.2) is 4.79 Å². The van der Waals surface area contributed by atoms with Crippen molar-refractivity contribution in [2.24, 2.45) is 5.92 Å². The SMILES string of the molecule is Cc1ccc(C(=O)O)c(OCC(=O)NCC2CC2)c1. The van der Waals surface area contributed by atoms with Crippen LogP contribution in [0.1, 0.15) is 28.8 Å². The fourth-order valence-corrected chi connectivity index (χ4v) is 1.70. The van der Waals surface area contributed by atoms with Crippen molar-refractivity contribution in [3.63, 3.8) is 0 Å². The Balaban J connectivity index is 1.91. The maximum atomic E-state index is 11.5. The molecule has 0 atom stereocenters. The molecular weight excluding hydrogens is 246 g/mol. The molecule has 5 heteroatoms. The van der Waals surface area contributed by atoms with E-state index in [1.165, 1.54) is 18.9 Å². The molecular formula is C14H17NO4. The van der Waals surface area contributed by atoms with E-state index in [9.17, 15) is 9.59 Å². The number of carboxylic acids is 1. The van der Waals surface area contributed by atoms with Crippen molar-refractivity contribution in [2.75, 3.05) is 13.2 Å². The second-order valence-corrected chi connectivity index (χ2v) is 4.84. The minimum Gasteiger partial charge on any atom is -0.483 e. The molecule has 1 aliphatic rings. The van der Waals surface area contributed by atoms with Crippen LogP contribution in [0.2, 0.25) is 0 Å². The summed E-state index contributed by atoms with van der Waals surface area (Å²) in [6.45, 7) is 2.36. The molecule has 0 spiro atoms. The highest BCUT2D eigenvalue weighted by atomic mass is 16.5. The minimum atomic E-state index is -1.06. The molecule has 0 aliphatic heterocycles. The van der Waals surface area contributed by atoms with Gasteiger partial charge >= 0.3 is 5.97 Å². The van der Waals surface area contributed by atoms with E-state index < -0.39 is 5.97 Å². The number of amides is 1. The second kappa shape index (κ2) is 5.73. The molecule has 1 fully saturated rings. The first-order valence-electron chi connectivity index (χ1n) is 6.29. The first kappa shape index (κ1) is 13.4. The fraction of sp³-hybridized carbons (Fsp3) is 0.429. The van der Waals surface area contributed by atoms with E-state index in [-0.39, 0.29) is 23.8 Å². The van der Waals surface area contributed by atoms with Crippen molar-refractivity contribution < 1.29 is 19.4 Å². The van der Waals surface area contributed by atoms with Crippen LogP contribution in [0.25, 0.3) is 0 Å². The number of aromatic carboxylic acids is 1. The van der Waals surface area contributed by atoms with E-state index in [0.717, 1.165) is 5.56 Å². The Labute approximate surface area is 111 Å². The first-order chi connectivity index (χ1) is 9.06. The van der Waals surface area contributed by atoms with Crippen LogP contribution in [-0.4, -0.2) is 30.1 Å². The van der Waals surface area contributed by atoms with Gasteiger partial charge in [-0.05, 0) is 43.4 Å². The number of rotatable bonds is 6. The molecule has 1 amide bonds. The van der Waals surface area contributed by atoms with E-state index in [1.807, 2.05) is 6.92 Å². The van der Waals surface area contributed by atoms with Crippen LogP contribution in [0.15, 0.2) is 18.2 Å². The maximum Gasteiger partial charge on any atom is 0.339 e. The highest BCUT2D eigenvalue weighted by Crippen LogP contribution is 2.27. The zero-order chi connectivity index (χ0) is 13.8. The molecule has 0 aromatic heterocycles. The van der Waals surface area contributed by atoms with E-state index >= 15 is 0 Å². The van der Waals surface area contributed by atoms with Gasteiger partial charge in [0, 0.05) is 6.54 Å². The van der Waals surface area contributed by atoms with Crippen LogP contribution < -0.4 is 10.1 Å². The lowest BCUT2D eigenvalue weighted by Crippen LogP contribution is -2.30. The van der Waals surface area contributed by atoms with Crippen LogP contribution in [0.4, 0.5) is 0 Å². The number of benzene rings is 1. The van der Waals surface area contributed by atoms with Crippen LogP contribution in [0.5, 0.6) is 5.75 Å². The van der Waals surface area contributed by atoms with Gasteiger partial charge < -0.3 is 15.2 Å². The summed E-state index contributed by atoms with van der Waals surface area (Å²) in [6, 6.07) is 4.80. The van der Waals surface area contributed by atoms with Crippen molar-refractivity contribution in [1.29, 1.82) is 0 Å². The third-order valence-corrected chi connectivity index (χ3v) is 3.01. The molecule has 1 saturated carbocycles. The first-order valence-corrected chi connectivity index (χ1v) is 6.29. The third kappa shape index (κ3) is 3.98. The van der Waals surface area contributed by atoms with E-state index in [0.29, 0.717) is 12.5 Å². The number of carbonyl (C=O) groups is 2. The van der Waals surface area contributed by atoms with Gasteiger partial charge in [0.25, 0.3) is 5.91 Å². The predicted octanol–water partition coefficient (Wildman–Crippen LogP) is 1.60. The summed E-state index contributed by atoms with van der Waals surface area (Å²) in [5, 5.41) is 11.8. The van der Waals surface area contributed by atoms with Crippen LogP contribution in [-0.2, 0) is 4.79 Å². The van der Waals surface area contributed by atoms with Crippen molar-refractivity contribution in [1.82, 2.24) is 5.32 Å². The van der Waals surface area contributed by atoms with Gasteiger partial charge in [-0.3, -0.25) is 4.79 Å². The Morgan fingerprint density at radius 3 is 2.79 bits per heavy atom. The molecule has 0 bridgehead atoms. The number of hydrogen-bond acceptors (Lipinski definition) is 3. The van der Waals surface area contributed by atoms with Gasteiger partial charge in [-0.1, -0.05) is 6.07 Å². The molecule has 2 rings (SSSR count). The Bertz CT molecular complexity index is 494. The van der Waals surface area contributed by atoms with Gasteiger partial charge in [0.2, 0.25) is 0 Å². The third-order valence-electron chi connectivity index (χ3n) is 3.01. The van der Waals surface area contributed by atoms with Gasteiger partial charge in [0.05, 0.1) is 0 Å². The number of ether oxygens (including phenoxy) is 1. The molecule has 19 heavy (non-hydrogen) atoms. The molecule has 0 unspecified atom stereocenters. The lowest BCUT2D eigenvalue weighted by Gasteiger charge is -2.10. The van der Waals surface area contributed by atoms with E-state index in [4.69, 9.17) is 9.84 Å². The maximum absolute atomic E-state index is 11.5. The number of carboxylic acid groups (broad SMARTS) is 1. The molecule has 0 radical (unpaired) electrons. The zero-order valence-electron chi connectivity index (χ0n) is 10.8. The van der Waals surface area contributed by atoms with Gasteiger partial charge in [-0.15, -0.1) is 0 Å². The Hall–Kier alpha value is -2.04. The summed E-state index contributed by atoms with van der Waals surface area (Å²) in [5.74, 6) is -0.440. The smallest absolute Gasteiger partial charge is 0.339 e. The Morgan fingerprint density at radius 2 is 2.16 bits per heavy atom. The summed E-state index contributed by atoms with van der Waals surface area (Å²) in [4.78, 5) is 22.6. The van der Waals surface area contributed by atoms with Gasteiger partial charge in [-0.2, -0.15) is 0 Å². The summed E-state index contributed by atoms with van der Waals surface area (Å²) in [5.41, 5.74) is 0.957. The summed E-state index contributed by atoms with van der Waals surface area (Å²) < 4.78 is 5.30. The Morgan fingerprint density at radius 1 is 1.42 bits per heavy atom. The topological polar surface area (TPSA) is 75.6 Å². The highest BCUT2D eigenvalue weighted by molar-refractivity contribution is 5.91. The van der Waals surface area contributed by atoms with Crippen LogP contribution >= 0.6 is 0 Å². The summed E-state index contributed by atoms with van der Waals surface area (Å²) in [7, 11) is 0. The second-order valence-electron chi connectivity index (χ2n) is 4.84. The monoisotopic (exact) mass is 263 g/mol. The lowest BCUT2D eigenvalue weighted by molar-refractivity contribution is -0.123. The summed E-state index contributed by atoms with van der Waals surface area (Å²) in [6.07, 6.45) is 2.34. The molecule has 2 N–H and O–H groups in total. The number of aryl methyl sites for hydroxylation is 1. The summed E-state index contributed by atoms with van der Waals surface area (Å²) >= 11 is 0. The average Bonchev–Trinajstić information content (AvgIpc) is 3.17. The fourth-order valence-electron chi connectivity index (χ4n) is 1.70. The lowest BCUT2D eigenvalue weighted by atomic mass is 10.1. The minimum absolute atomic E-state index is 0.0700. The van der Waals surface area contributed by atoms with Crippen LogP contribution in [0, 0.1) is 12.8 Å². The molecule has 0 saturated heterocycles. The van der Waals surface area contributed by atoms with Crippen molar-refractivity contribution in [3.05, 3.63) is 29.3 Å². The van der Waals surface area contributed by atoms with Crippen molar-refractivity contribution in [2.45, 2.75) is 19.8 Å². The zero-order valence-corrected chi connectivity index (χ0v) is 10.8. The van der Waals surface area contributed by atoms with Crippen LogP contribution in [0.3, 0.4) is 0 Å². The number of nitrogens with one attached hydrogen (secondary N) is 1. The molecule has 0 heterocycles. The highest BCUT2D eigenvalue weighted by Gasteiger charge is 2.21. The van der Waals surface area contributed by atoms with Gasteiger partial charge in [0.15, 0.2) is 6.61 Å². The predicted molar refractivity (Wildman–Crippen MR) is 69.4 cm³/mol. The average molecular weight is 263 g/mol. The molecule has 102 valence electrons. The largest absolute Gasteiger partial charge is 0.483 e. The van der Waals surface area contributed by atoms with Gasteiger partial charge in [0.1, 0.15) is 11.3 Å². The molecule has 1 aromatic rings. The molecule has 1 aromatic carbocycles. The molecule has 1 aliphatic carbocycles.